The van der Waals surface area contributed by atoms with Gasteiger partial charge in [-0.2, -0.15) is 0 Å². The average Bonchev–Trinajstić information content (AvgIpc) is 2.74. The van der Waals surface area contributed by atoms with Crippen molar-refractivity contribution in [3.63, 3.8) is 0 Å². The van der Waals surface area contributed by atoms with Crippen molar-refractivity contribution in [2.24, 2.45) is 0 Å². The second-order valence-electron chi connectivity index (χ2n) is 7.20. The van der Waals surface area contributed by atoms with Crippen LogP contribution in [0, 0.1) is 6.92 Å². The molecule has 1 heterocycles. The van der Waals surface area contributed by atoms with Crippen LogP contribution in [0.3, 0.4) is 0 Å². The summed E-state index contributed by atoms with van der Waals surface area (Å²) >= 11 is 3.47. The van der Waals surface area contributed by atoms with E-state index in [1.807, 2.05) is 37.3 Å². The van der Waals surface area contributed by atoms with Gasteiger partial charge in [0, 0.05) is 42.9 Å². The van der Waals surface area contributed by atoms with E-state index in [2.05, 4.69) is 48.5 Å². The summed E-state index contributed by atoms with van der Waals surface area (Å²) in [6.45, 7) is 7.64. The van der Waals surface area contributed by atoms with Crippen LogP contribution in [-0.4, -0.2) is 57.3 Å². The van der Waals surface area contributed by atoms with Crippen molar-refractivity contribution in [3.8, 4) is 5.75 Å². The Morgan fingerprint density at radius 2 is 1.90 bits per heavy atom. The average molecular weight is 461 g/mol. The molecule has 0 spiro atoms. The van der Waals surface area contributed by atoms with Crippen molar-refractivity contribution in [1.29, 1.82) is 0 Å². The van der Waals surface area contributed by atoms with E-state index in [0.29, 0.717) is 6.54 Å². The minimum absolute atomic E-state index is 0.160. The Hall–Kier alpha value is -2.25. The molecule has 0 bridgehead atoms. The Morgan fingerprint density at radius 1 is 1.14 bits per heavy atom. The minimum Gasteiger partial charge on any atom is -0.495 e. The first-order valence-electron chi connectivity index (χ1n) is 9.98. The van der Waals surface area contributed by atoms with Crippen molar-refractivity contribution >= 4 is 33.3 Å². The van der Waals surface area contributed by atoms with Gasteiger partial charge in [-0.05, 0) is 55.8 Å². The number of carbonyl (C=O) groups excluding carboxylic acids is 1. The summed E-state index contributed by atoms with van der Waals surface area (Å²) in [5, 5.41) is 5.82. The predicted octanol–water partition coefficient (Wildman–Crippen LogP) is 4.10. The maximum atomic E-state index is 12.1. The van der Waals surface area contributed by atoms with Crippen LogP contribution >= 0.6 is 15.9 Å². The topological polar surface area (TPSA) is 56.8 Å². The number of anilines is 2. The second-order valence-corrected chi connectivity index (χ2v) is 8.05. The Bertz CT molecular complexity index is 822. The van der Waals surface area contributed by atoms with Gasteiger partial charge in [0.1, 0.15) is 5.75 Å². The van der Waals surface area contributed by atoms with Gasteiger partial charge in [-0.3, -0.25) is 4.90 Å². The van der Waals surface area contributed by atoms with Gasteiger partial charge < -0.3 is 20.3 Å². The van der Waals surface area contributed by atoms with Crippen molar-refractivity contribution in [2.45, 2.75) is 13.3 Å². The van der Waals surface area contributed by atoms with Gasteiger partial charge in [0.2, 0.25) is 0 Å². The molecule has 1 fully saturated rings. The summed E-state index contributed by atoms with van der Waals surface area (Å²) in [4.78, 5) is 16.9. The standard InChI is InChI=1S/C22H29BrN4O2/c1-17-16-18(8-9-19(17)23)25-22(28)24-10-5-11-26-12-14-27(15-13-26)20-6-3-4-7-21(20)29-2/h3-4,6-9,16H,5,10-15H2,1-2H3,(H2,24,25,28). The Kier molecular flexibility index (Phi) is 7.77. The fourth-order valence-electron chi connectivity index (χ4n) is 3.51. The van der Waals surface area contributed by atoms with Gasteiger partial charge >= 0.3 is 6.03 Å². The number of hydrogen-bond donors (Lipinski definition) is 2. The number of urea groups is 1. The Morgan fingerprint density at radius 3 is 2.62 bits per heavy atom. The van der Waals surface area contributed by atoms with E-state index in [0.717, 1.165) is 66.3 Å². The number of carbonyl (C=O) groups is 1. The van der Waals surface area contributed by atoms with Crippen LogP contribution in [0.1, 0.15) is 12.0 Å². The maximum Gasteiger partial charge on any atom is 0.319 e. The molecule has 0 aromatic heterocycles. The first-order valence-corrected chi connectivity index (χ1v) is 10.8. The molecule has 0 radical (unpaired) electrons. The van der Waals surface area contributed by atoms with Crippen molar-refractivity contribution in [1.82, 2.24) is 10.2 Å². The molecule has 0 saturated carbocycles. The van der Waals surface area contributed by atoms with E-state index >= 15 is 0 Å². The Balaban J connectivity index is 1.34. The zero-order chi connectivity index (χ0) is 20.6. The molecule has 6 nitrogen and oxygen atoms in total. The molecule has 1 aliphatic rings. The van der Waals surface area contributed by atoms with Crippen LogP contribution in [0.25, 0.3) is 0 Å². The fourth-order valence-corrected chi connectivity index (χ4v) is 3.75. The third kappa shape index (κ3) is 6.11. The number of hydrogen-bond acceptors (Lipinski definition) is 4. The highest BCUT2D eigenvalue weighted by molar-refractivity contribution is 9.10. The van der Waals surface area contributed by atoms with E-state index in [-0.39, 0.29) is 6.03 Å². The molecule has 1 saturated heterocycles. The van der Waals surface area contributed by atoms with E-state index < -0.39 is 0 Å². The van der Waals surface area contributed by atoms with Crippen LogP contribution in [0.4, 0.5) is 16.2 Å². The monoisotopic (exact) mass is 460 g/mol. The molecule has 7 heteroatoms. The molecular formula is C22H29BrN4O2. The zero-order valence-corrected chi connectivity index (χ0v) is 18.7. The molecule has 2 N–H and O–H groups in total. The third-order valence-corrected chi connectivity index (χ3v) is 6.04. The number of methoxy groups -OCH3 is 1. The van der Waals surface area contributed by atoms with Gasteiger partial charge in [-0.15, -0.1) is 0 Å². The molecule has 29 heavy (non-hydrogen) atoms. The number of para-hydroxylation sites is 2. The molecule has 3 rings (SSSR count). The summed E-state index contributed by atoms with van der Waals surface area (Å²) in [5.74, 6) is 0.928. The van der Waals surface area contributed by atoms with Gasteiger partial charge in [-0.25, -0.2) is 4.79 Å². The number of aryl methyl sites for hydroxylation is 1. The van der Waals surface area contributed by atoms with Crippen LogP contribution in [0.5, 0.6) is 5.75 Å². The Labute approximate surface area is 181 Å². The van der Waals surface area contributed by atoms with Gasteiger partial charge in [0.15, 0.2) is 0 Å². The summed E-state index contributed by atoms with van der Waals surface area (Å²) in [6.07, 6.45) is 0.932. The normalized spacial score (nSPS) is 14.5. The van der Waals surface area contributed by atoms with E-state index in [1.165, 1.54) is 0 Å². The number of benzene rings is 2. The fraction of sp³-hybridized carbons (Fsp3) is 0.409. The summed E-state index contributed by atoms with van der Waals surface area (Å²) in [5.41, 5.74) is 3.06. The van der Waals surface area contributed by atoms with Gasteiger partial charge in [0.05, 0.1) is 12.8 Å². The van der Waals surface area contributed by atoms with Crippen LogP contribution in [0.15, 0.2) is 46.9 Å². The molecule has 0 unspecified atom stereocenters. The molecule has 2 amide bonds. The summed E-state index contributed by atoms with van der Waals surface area (Å²) in [6, 6.07) is 13.8. The number of halogens is 1. The molecule has 0 aliphatic carbocycles. The number of nitrogens with one attached hydrogen (secondary N) is 2. The molecule has 156 valence electrons. The summed E-state index contributed by atoms with van der Waals surface area (Å²) in [7, 11) is 1.72. The highest BCUT2D eigenvalue weighted by atomic mass is 79.9. The SMILES string of the molecule is COc1ccccc1N1CCN(CCCNC(=O)Nc2ccc(Br)c(C)c2)CC1. The quantitative estimate of drug-likeness (QED) is 0.610. The molecule has 0 atom stereocenters. The molecule has 1 aliphatic heterocycles. The van der Waals surface area contributed by atoms with Crippen molar-refractivity contribution < 1.29 is 9.53 Å². The molecule has 2 aromatic rings. The minimum atomic E-state index is -0.160. The first-order chi connectivity index (χ1) is 14.1. The van der Waals surface area contributed by atoms with Crippen LogP contribution < -0.4 is 20.3 Å². The lowest BCUT2D eigenvalue weighted by Crippen LogP contribution is -2.47. The van der Waals surface area contributed by atoms with E-state index in [4.69, 9.17) is 4.74 Å². The lowest BCUT2D eigenvalue weighted by molar-refractivity contribution is 0.244. The zero-order valence-electron chi connectivity index (χ0n) is 17.1. The maximum absolute atomic E-state index is 12.1. The van der Waals surface area contributed by atoms with E-state index in [1.54, 1.807) is 7.11 Å². The number of amides is 2. The highest BCUT2D eigenvalue weighted by Crippen LogP contribution is 2.28. The van der Waals surface area contributed by atoms with Crippen molar-refractivity contribution in [2.75, 3.05) is 56.6 Å². The number of ether oxygens (including phenoxy) is 1. The first kappa shape index (κ1) is 21.5. The smallest absolute Gasteiger partial charge is 0.319 e. The summed E-state index contributed by atoms with van der Waals surface area (Å²) < 4.78 is 6.51. The lowest BCUT2D eigenvalue weighted by Gasteiger charge is -2.36. The van der Waals surface area contributed by atoms with E-state index in [9.17, 15) is 4.79 Å². The lowest BCUT2D eigenvalue weighted by atomic mass is 10.2. The van der Waals surface area contributed by atoms with Crippen LogP contribution in [0.2, 0.25) is 0 Å². The number of nitrogens with zero attached hydrogens (tertiary/aromatic N) is 2. The highest BCUT2D eigenvalue weighted by Gasteiger charge is 2.19. The number of rotatable bonds is 7. The molecular weight excluding hydrogens is 432 g/mol. The van der Waals surface area contributed by atoms with Gasteiger partial charge in [0.25, 0.3) is 0 Å². The number of piperazine rings is 1. The van der Waals surface area contributed by atoms with Crippen molar-refractivity contribution in [3.05, 3.63) is 52.5 Å². The predicted molar refractivity (Wildman–Crippen MR) is 122 cm³/mol. The largest absolute Gasteiger partial charge is 0.495 e. The van der Waals surface area contributed by atoms with Gasteiger partial charge in [-0.1, -0.05) is 28.1 Å². The van der Waals surface area contributed by atoms with Crippen LogP contribution in [-0.2, 0) is 0 Å². The second kappa shape index (κ2) is 10.5. The molecule has 2 aromatic carbocycles. The third-order valence-electron chi connectivity index (χ3n) is 5.15.